The summed E-state index contributed by atoms with van der Waals surface area (Å²) in [5.74, 6) is -0.129. The molecule has 0 N–H and O–H groups in total. The lowest BCUT2D eigenvalue weighted by atomic mass is 9.71. The molecule has 25 heavy (non-hydrogen) atoms. The normalized spacial score (nSPS) is 21.6. The van der Waals surface area contributed by atoms with E-state index in [1.807, 2.05) is 18.4 Å². The Morgan fingerprint density at radius 1 is 0.880 bits per heavy atom. The molecular formula is C21H27FN2O. The van der Waals surface area contributed by atoms with Crippen LogP contribution in [-0.2, 0) is 13.1 Å². The minimum Gasteiger partial charge on any atom is -0.472 e. The molecule has 0 unspecified atom stereocenters. The first kappa shape index (κ1) is 16.8. The lowest BCUT2D eigenvalue weighted by Gasteiger charge is -2.47. The molecule has 3 nitrogen and oxygen atoms in total. The highest BCUT2D eigenvalue weighted by atomic mass is 19.1. The summed E-state index contributed by atoms with van der Waals surface area (Å²) < 4.78 is 18.5. The molecular weight excluding hydrogens is 315 g/mol. The molecule has 1 aromatic carbocycles. The quantitative estimate of drug-likeness (QED) is 0.826. The zero-order valence-corrected chi connectivity index (χ0v) is 14.8. The van der Waals surface area contributed by atoms with Crippen molar-refractivity contribution < 1.29 is 8.81 Å². The van der Waals surface area contributed by atoms with E-state index in [-0.39, 0.29) is 5.82 Å². The highest BCUT2D eigenvalue weighted by Gasteiger charge is 2.37. The number of hydrogen-bond acceptors (Lipinski definition) is 3. The summed E-state index contributed by atoms with van der Waals surface area (Å²) in [6.07, 6.45) is 8.78. The second-order valence-electron chi connectivity index (χ2n) is 7.81. The van der Waals surface area contributed by atoms with E-state index in [4.69, 9.17) is 4.42 Å². The Kier molecular flexibility index (Phi) is 4.91. The summed E-state index contributed by atoms with van der Waals surface area (Å²) in [5, 5.41) is 0. The lowest BCUT2D eigenvalue weighted by molar-refractivity contribution is 0.0299. The molecule has 1 spiro atoms. The fourth-order valence-electron chi connectivity index (χ4n) is 4.41. The van der Waals surface area contributed by atoms with Crippen LogP contribution in [0.3, 0.4) is 0 Å². The summed E-state index contributed by atoms with van der Waals surface area (Å²) in [6, 6.07) is 9.09. The van der Waals surface area contributed by atoms with E-state index in [0.29, 0.717) is 5.41 Å². The molecule has 2 saturated heterocycles. The maximum Gasteiger partial charge on any atom is 0.123 e. The second kappa shape index (κ2) is 7.30. The smallest absolute Gasteiger partial charge is 0.123 e. The molecule has 0 amide bonds. The SMILES string of the molecule is Fc1cccc(CN2CCC3(CCN(Cc4ccoc4)CC3)CC2)c1. The third-order valence-corrected chi connectivity index (χ3v) is 6.11. The summed E-state index contributed by atoms with van der Waals surface area (Å²) in [4.78, 5) is 5.03. The van der Waals surface area contributed by atoms with Crippen molar-refractivity contribution in [2.45, 2.75) is 38.8 Å². The van der Waals surface area contributed by atoms with E-state index in [1.165, 1.54) is 50.4 Å². The van der Waals surface area contributed by atoms with Gasteiger partial charge in [-0.1, -0.05) is 12.1 Å². The van der Waals surface area contributed by atoms with Crippen LogP contribution >= 0.6 is 0 Å². The van der Waals surface area contributed by atoms with Crippen LogP contribution in [0.2, 0.25) is 0 Å². The Balaban J connectivity index is 1.26. The monoisotopic (exact) mass is 342 g/mol. The van der Waals surface area contributed by atoms with Crippen LogP contribution in [0, 0.1) is 11.2 Å². The van der Waals surface area contributed by atoms with E-state index in [0.717, 1.165) is 31.7 Å². The van der Waals surface area contributed by atoms with Gasteiger partial charge in [0.15, 0.2) is 0 Å². The number of hydrogen-bond donors (Lipinski definition) is 0. The highest BCUT2D eigenvalue weighted by molar-refractivity contribution is 5.16. The van der Waals surface area contributed by atoms with E-state index in [9.17, 15) is 4.39 Å². The molecule has 0 aliphatic carbocycles. The van der Waals surface area contributed by atoms with Crippen LogP contribution in [0.4, 0.5) is 4.39 Å². The molecule has 4 heteroatoms. The number of halogens is 1. The van der Waals surface area contributed by atoms with Gasteiger partial charge in [-0.25, -0.2) is 4.39 Å². The number of furan rings is 1. The van der Waals surface area contributed by atoms with Gasteiger partial charge in [-0.15, -0.1) is 0 Å². The van der Waals surface area contributed by atoms with Gasteiger partial charge in [0.2, 0.25) is 0 Å². The molecule has 2 aliphatic rings. The highest BCUT2D eigenvalue weighted by Crippen LogP contribution is 2.41. The van der Waals surface area contributed by atoms with E-state index < -0.39 is 0 Å². The second-order valence-corrected chi connectivity index (χ2v) is 7.81. The third kappa shape index (κ3) is 4.13. The van der Waals surface area contributed by atoms with E-state index in [2.05, 4.69) is 15.9 Å². The van der Waals surface area contributed by atoms with Crippen LogP contribution in [0.5, 0.6) is 0 Å². The third-order valence-electron chi connectivity index (χ3n) is 6.11. The largest absolute Gasteiger partial charge is 0.472 e. The van der Waals surface area contributed by atoms with Gasteiger partial charge in [0.1, 0.15) is 5.82 Å². The van der Waals surface area contributed by atoms with Gasteiger partial charge in [0.05, 0.1) is 12.5 Å². The summed E-state index contributed by atoms with van der Waals surface area (Å²) in [7, 11) is 0. The fourth-order valence-corrected chi connectivity index (χ4v) is 4.41. The van der Waals surface area contributed by atoms with Gasteiger partial charge in [0, 0.05) is 18.7 Å². The molecule has 0 saturated carbocycles. The molecule has 4 rings (SSSR count). The zero-order valence-electron chi connectivity index (χ0n) is 14.8. The van der Waals surface area contributed by atoms with Gasteiger partial charge in [-0.2, -0.15) is 0 Å². The molecule has 2 aliphatic heterocycles. The average molecular weight is 342 g/mol. The van der Waals surface area contributed by atoms with Crippen molar-refractivity contribution in [2.75, 3.05) is 26.2 Å². The minimum atomic E-state index is -0.129. The van der Waals surface area contributed by atoms with Crippen molar-refractivity contribution in [3.63, 3.8) is 0 Å². The Morgan fingerprint density at radius 3 is 2.08 bits per heavy atom. The molecule has 1 aromatic heterocycles. The minimum absolute atomic E-state index is 0.129. The topological polar surface area (TPSA) is 19.6 Å². The summed E-state index contributed by atoms with van der Waals surface area (Å²) in [5.41, 5.74) is 2.90. The molecule has 134 valence electrons. The van der Waals surface area contributed by atoms with Crippen molar-refractivity contribution in [1.82, 2.24) is 9.80 Å². The average Bonchev–Trinajstić information content (AvgIpc) is 3.13. The Morgan fingerprint density at radius 2 is 1.52 bits per heavy atom. The molecule has 3 heterocycles. The van der Waals surface area contributed by atoms with Gasteiger partial charge >= 0.3 is 0 Å². The molecule has 0 atom stereocenters. The number of piperidine rings is 2. The van der Waals surface area contributed by atoms with Crippen molar-refractivity contribution >= 4 is 0 Å². The van der Waals surface area contributed by atoms with Crippen molar-refractivity contribution in [1.29, 1.82) is 0 Å². The number of nitrogens with zero attached hydrogens (tertiary/aromatic N) is 2. The van der Waals surface area contributed by atoms with Crippen molar-refractivity contribution in [3.8, 4) is 0 Å². The van der Waals surface area contributed by atoms with Crippen LogP contribution < -0.4 is 0 Å². The fraction of sp³-hybridized carbons (Fsp3) is 0.524. The summed E-state index contributed by atoms with van der Waals surface area (Å²) >= 11 is 0. The van der Waals surface area contributed by atoms with Gasteiger partial charge in [0.25, 0.3) is 0 Å². The first-order chi connectivity index (χ1) is 12.2. The van der Waals surface area contributed by atoms with E-state index >= 15 is 0 Å². The Hall–Kier alpha value is -1.65. The van der Waals surface area contributed by atoms with Gasteiger partial charge in [-0.3, -0.25) is 9.80 Å². The summed E-state index contributed by atoms with van der Waals surface area (Å²) in [6.45, 7) is 6.54. The van der Waals surface area contributed by atoms with Crippen molar-refractivity contribution in [2.24, 2.45) is 5.41 Å². The number of likely N-dealkylation sites (tertiary alicyclic amines) is 2. The number of rotatable bonds is 4. The maximum absolute atomic E-state index is 13.4. The first-order valence-electron chi connectivity index (χ1n) is 9.41. The predicted molar refractivity (Wildman–Crippen MR) is 96.6 cm³/mol. The standard InChI is InChI=1S/C21H27FN2O/c22-20-3-1-2-18(14-20)15-23-9-5-21(6-10-23)7-11-24(12-8-21)16-19-4-13-25-17-19/h1-4,13-14,17H,5-12,15-16H2. The van der Waals surface area contributed by atoms with Crippen molar-refractivity contribution in [3.05, 3.63) is 59.8 Å². The molecule has 0 radical (unpaired) electrons. The van der Waals surface area contributed by atoms with Crippen LogP contribution in [0.15, 0.2) is 47.3 Å². The first-order valence-corrected chi connectivity index (χ1v) is 9.41. The lowest BCUT2D eigenvalue weighted by Crippen LogP contribution is -2.46. The Bertz CT molecular complexity index is 667. The number of benzene rings is 1. The van der Waals surface area contributed by atoms with Gasteiger partial charge in [-0.05, 0) is 81.0 Å². The van der Waals surface area contributed by atoms with Crippen LogP contribution in [0.25, 0.3) is 0 Å². The van der Waals surface area contributed by atoms with Gasteiger partial charge < -0.3 is 4.42 Å². The maximum atomic E-state index is 13.4. The van der Waals surface area contributed by atoms with E-state index in [1.54, 1.807) is 12.3 Å². The van der Waals surface area contributed by atoms with Crippen LogP contribution in [-0.4, -0.2) is 36.0 Å². The van der Waals surface area contributed by atoms with Crippen LogP contribution in [0.1, 0.15) is 36.8 Å². The zero-order chi connectivity index (χ0) is 17.1. The molecule has 2 aromatic rings. The molecule has 2 fully saturated rings. The predicted octanol–water partition coefficient (Wildman–Crippen LogP) is 4.30. The molecule has 0 bridgehead atoms. The Labute approximate surface area is 149 Å².